The SMILES string of the molecule is CNS(=O)(=O)c1cc(C)c(Nc2cccc(C(F)(F)F)c2)c(C(=O)O)c1. The fourth-order valence-corrected chi connectivity index (χ4v) is 3.12. The maximum atomic E-state index is 12.8. The maximum Gasteiger partial charge on any atom is 0.416 e. The molecule has 0 radical (unpaired) electrons. The fraction of sp³-hybridized carbons (Fsp3) is 0.188. The number of carboxylic acids is 1. The van der Waals surface area contributed by atoms with Gasteiger partial charge in [-0.15, -0.1) is 0 Å². The van der Waals surface area contributed by atoms with Crippen LogP contribution in [-0.2, 0) is 16.2 Å². The van der Waals surface area contributed by atoms with Gasteiger partial charge in [-0.3, -0.25) is 0 Å². The van der Waals surface area contributed by atoms with Gasteiger partial charge in [-0.2, -0.15) is 13.2 Å². The van der Waals surface area contributed by atoms with Crippen LogP contribution in [0.5, 0.6) is 0 Å². The van der Waals surface area contributed by atoms with E-state index in [1.807, 2.05) is 0 Å². The molecule has 0 amide bonds. The number of nitrogens with one attached hydrogen (secondary N) is 2. The largest absolute Gasteiger partial charge is 0.478 e. The molecule has 0 unspecified atom stereocenters. The molecule has 0 aromatic heterocycles. The van der Waals surface area contributed by atoms with Gasteiger partial charge in [0.05, 0.1) is 21.7 Å². The van der Waals surface area contributed by atoms with Gasteiger partial charge < -0.3 is 10.4 Å². The van der Waals surface area contributed by atoms with Gasteiger partial charge in [0.2, 0.25) is 10.0 Å². The number of carboxylic acid groups (broad SMARTS) is 1. The van der Waals surface area contributed by atoms with Gasteiger partial charge in [0.25, 0.3) is 0 Å². The van der Waals surface area contributed by atoms with E-state index in [0.717, 1.165) is 18.2 Å². The van der Waals surface area contributed by atoms with E-state index in [4.69, 9.17) is 0 Å². The molecule has 0 heterocycles. The van der Waals surface area contributed by atoms with Crippen LogP contribution in [0, 0.1) is 6.92 Å². The van der Waals surface area contributed by atoms with E-state index in [0.29, 0.717) is 0 Å². The van der Waals surface area contributed by atoms with Crippen molar-refractivity contribution in [2.45, 2.75) is 18.0 Å². The lowest BCUT2D eigenvalue weighted by atomic mass is 10.1. The molecule has 2 rings (SSSR count). The van der Waals surface area contributed by atoms with Gasteiger partial charge in [-0.25, -0.2) is 17.9 Å². The summed E-state index contributed by atoms with van der Waals surface area (Å²) in [5.74, 6) is -1.42. The molecule has 3 N–H and O–H groups in total. The van der Waals surface area contributed by atoms with E-state index >= 15 is 0 Å². The van der Waals surface area contributed by atoms with Crippen molar-refractivity contribution < 1.29 is 31.5 Å². The Morgan fingerprint density at radius 3 is 2.35 bits per heavy atom. The number of sulfonamides is 1. The van der Waals surface area contributed by atoms with Gasteiger partial charge in [0.1, 0.15) is 0 Å². The molecule has 6 nitrogen and oxygen atoms in total. The number of carbonyl (C=O) groups is 1. The first-order chi connectivity index (χ1) is 12.0. The molecule has 2 aromatic carbocycles. The van der Waals surface area contributed by atoms with E-state index in [1.165, 1.54) is 32.2 Å². The molecule has 140 valence electrons. The monoisotopic (exact) mass is 388 g/mol. The van der Waals surface area contributed by atoms with Crippen molar-refractivity contribution in [1.82, 2.24) is 4.72 Å². The second-order valence-corrected chi connectivity index (χ2v) is 7.27. The summed E-state index contributed by atoms with van der Waals surface area (Å²) in [5, 5.41) is 12.0. The van der Waals surface area contributed by atoms with E-state index < -0.39 is 27.7 Å². The average molecular weight is 388 g/mol. The van der Waals surface area contributed by atoms with Gasteiger partial charge in [0.15, 0.2) is 0 Å². The first kappa shape index (κ1) is 19.7. The zero-order chi connectivity index (χ0) is 19.7. The molecular weight excluding hydrogens is 373 g/mol. The van der Waals surface area contributed by atoms with Crippen LogP contribution in [0.25, 0.3) is 0 Å². The summed E-state index contributed by atoms with van der Waals surface area (Å²) in [4.78, 5) is 11.3. The van der Waals surface area contributed by atoms with Crippen molar-refractivity contribution in [1.29, 1.82) is 0 Å². The quantitative estimate of drug-likeness (QED) is 0.730. The molecule has 26 heavy (non-hydrogen) atoms. The van der Waals surface area contributed by atoms with E-state index in [2.05, 4.69) is 10.0 Å². The van der Waals surface area contributed by atoms with Crippen LogP contribution in [0.1, 0.15) is 21.5 Å². The molecule has 0 saturated heterocycles. The topological polar surface area (TPSA) is 95.5 Å². The molecule has 0 aliphatic heterocycles. The molecule has 0 bridgehead atoms. The minimum atomic E-state index is -4.55. The summed E-state index contributed by atoms with van der Waals surface area (Å²) in [6, 6.07) is 6.42. The number of halogens is 3. The number of hydrogen-bond acceptors (Lipinski definition) is 4. The Balaban J connectivity index is 2.55. The number of aromatic carboxylic acids is 1. The summed E-state index contributed by atoms with van der Waals surface area (Å²) in [5.41, 5.74) is -1.000. The molecule has 0 saturated carbocycles. The molecule has 0 spiro atoms. The predicted molar refractivity (Wildman–Crippen MR) is 89.1 cm³/mol. The normalized spacial score (nSPS) is 12.0. The lowest BCUT2D eigenvalue weighted by Crippen LogP contribution is -2.19. The second-order valence-electron chi connectivity index (χ2n) is 5.38. The Morgan fingerprint density at radius 2 is 1.81 bits per heavy atom. The smallest absolute Gasteiger partial charge is 0.416 e. The molecule has 2 aromatic rings. The average Bonchev–Trinajstić information content (AvgIpc) is 2.55. The third-order valence-electron chi connectivity index (χ3n) is 3.58. The minimum absolute atomic E-state index is 0.00637. The van der Waals surface area contributed by atoms with Crippen LogP contribution in [0.2, 0.25) is 0 Å². The molecular formula is C16H15F3N2O4S. The summed E-state index contributed by atoms with van der Waals surface area (Å²) in [6.07, 6.45) is -4.55. The van der Waals surface area contributed by atoms with E-state index in [1.54, 1.807) is 0 Å². The van der Waals surface area contributed by atoms with Crippen LogP contribution in [0.15, 0.2) is 41.3 Å². The Bertz CT molecular complexity index is 956. The van der Waals surface area contributed by atoms with Crippen LogP contribution in [0.4, 0.5) is 24.5 Å². The number of alkyl halides is 3. The third kappa shape index (κ3) is 4.14. The highest BCUT2D eigenvalue weighted by molar-refractivity contribution is 7.89. The predicted octanol–water partition coefficient (Wildman–Crippen LogP) is 3.36. The third-order valence-corrected chi connectivity index (χ3v) is 4.97. The number of aryl methyl sites for hydroxylation is 1. The maximum absolute atomic E-state index is 12.8. The zero-order valence-electron chi connectivity index (χ0n) is 13.7. The van der Waals surface area contributed by atoms with Crippen LogP contribution >= 0.6 is 0 Å². The lowest BCUT2D eigenvalue weighted by Gasteiger charge is -2.16. The first-order valence-electron chi connectivity index (χ1n) is 7.21. The van der Waals surface area contributed by atoms with Crippen molar-refractivity contribution in [2.75, 3.05) is 12.4 Å². The molecule has 0 atom stereocenters. The fourth-order valence-electron chi connectivity index (χ4n) is 2.28. The summed E-state index contributed by atoms with van der Waals surface area (Å²) in [6.45, 7) is 1.46. The summed E-state index contributed by atoms with van der Waals surface area (Å²) >= 11 is 0. The Kier molecular flexibility index (Phi) is 5.28. The lowest BCUT2D eigenvalue weighted by molar-refractivity contribution is -0.137. The summed E-state index contributed by atoms with van der Waals surface area (Å²) in [7, 11) is -2.70. The van der Waals surface area contributed by atoms with E-state index in [9.17, 15) is 31.5 Å². The highest BCUT2D eigenvalue weighted by Crippen LogP contribution is 2.33. The van der Waals surface area contributed by atoms with Crippen molar-refractivity contribution in [3.8, 4) is 0 Å². The van der Waals surface area contributed by atoms with Crippen molar-refractivity contribution in [3.63, 3.8) is 0 Å². The number of rotatable bonds is 5. The first-order valence-corrected chi connectivity index (χ1v) is 8.70. The highest BCUT2D eigenvalue weighted by atomic mass is 32.2. The Morgan fingerprint density at radius 1 is 1.15 bits per heavy atom. The summed E-state index contributed by atoms with van der Waals surface area (Å²) < 4.78 is 64.3. The van der Waals surface area contributed by atoms with E-state index in [-0.39, 0.29) is 27.4 Å². The number of anilines is 2. The van der Waals surface area contributed by atoms with Crippen molar-refractivity contribution in [2.24, 2.45) is 0 Å². The zero-order valence-corrected chi connectivity index (χ0v) is 14.5. The van der Waals surface area contributed by atoms with Gasteiger partial charge in [0, 0.05) is 5.69 Å². The van der Waals surface area contributed by atoms with Crippen molar-refractivity contribution in [3.05, 3.63) is 53.1 Å². The number of benzene rings is 2. The minimum Gasteiger partial charge on any atom is -0.478 e. The van der Waals surface area contributed by atoms with Gasteiger partial charge in [-0.05, 0) is 49.9 Å². The molecule has 10 heteroatoms. The Hall–Kier alpha value is -2.59. The van der Waals surface area contributed by atoms with Crippen LogP contribution < -0.4 is 10.0 Å². The van der Waals surface area contributed by atoms with Gasteiger partial charge in [-0.1, -0.05) is 6.07 Å². The standard InChI is InChI=1S/C16H15F3N2O4S/c1-9-6-12(26(24,25)20-2)8-13(15(22)23)14(9)21-11-5-3-4-10(7-11)16(17,18)19/h3-8,20-21H,1-2H3,(H,22,23). The molecule has 0 aliphatic carbocycles. The second kappa shape index (κ2) is 6.96. The molecule has 0 fully saturated rings. The highest BCUT2D eigenvalue weighted by Gasteiger charge is 2.30. The van der Waals surface area contributed by atoms with Crippen LogP contribution in [0.3, 0.4) is 0 Å². The molecule has 0 aliphatic rings. The van der Waals surface area contributed by atoms with Crippen molar-refractivity contribution >= 4 is 27.4 Å². The van der Waals surface area contributed by atoms with Crippen LogP contribution in [-0.4, -0.2) is 26.5 Å². The number of hydrogen-bond donors (Lipinski definition) is 3. The Labute approximate surface area is 147 Å². The van der Waals surface area contributed by atoms with Gasteiger partial charge >= 0.3 is 12.1 Å².